The van der Waals surface area contributed by atoms with E-state index in [1.807, 2.05) is 38.1 Å². The molecule has 13 amide bonds. The van der Waals surface area contributed by atoms with Crippen LogP contribution in [0.1, 0.15) is 127 Å². The molecular formula is C72H101N19O13. The van der Waals surface area contributed by atoms with Gasteiger partial charge in [0.1, 0.15) is 59.9 Å². The number of nitrogens with two attached hydrogens (primary N) is 7. The van der Waals surface area contributed by atoms with E-state index in [2.05, 4.69) is 47.2 Å². The van der Waals surface area contributed by atoms with Crippen molar-refractivity contribution in [2.45, 2.75) is 195 Å². The fourth-order valence-electron chi connectivity index (χ4n) is 14.9. The number of aromatic amines is 1. The Hall–Kier alpha value is -10.5. The van der Waals surface area contributed by atoms with Gasteiger partial charge in [0.2, 0.25) is 76.8 Å². The van der Waals surface area contributed by atoms with Crippen LogP contribution in [0.4, 0.5) is 0 Å². The standard InChI is InChI=1S/C72H101N19O13/c1-41(2)58-59(66(100)85-51(60(77)94)39-44-40-81-47-23-10-9-21-45(44)47)88-70(104)72(58)31-16-36-91(72)69(103)53(38-43-19-7-4-8-20-43)87-63(97)52(37-42-17-5-3-6-18-42)86-62(96)48(27-29-56(75)92)82-61(95)49(28-30-57(76)93)83-64(98)55-26-15-35-90(55)68(102)50(24-11-12-32-73)84-65(99)54-25-14-34-89(54)67(101)46(74)22-13-33-80-71(78)79/h3-10,17-21,23,40-41,46,48-55,58-59,81H,11-16,22,24-39,73-74H2,1-2H3,(H2,75,92)(H2,76,93)(H2,77,94)(H,82,95)(H,83,98)(H,84,99)(H,85,100)(H,86,96)(H,87,97)(H,88,104)(H4,78,79,80)/t46-,48-,49-,50-,51-,52-,53-,54-,55-,58?,59?,72?/m0/s1. The zero-order chi connectivity index (χ0) is 75.4. The van der Waals surface area contributed by atoms with Crippen LogP contribution < -0.4 is 77.4 Å². The van der Waals surface area contributed by atoms with E-state index in [1.54, 1.807) is 66.9 Å². The summed E-state index contributed by atoms with van der Waals surface area (Å²) in [5.41, 5.74) is 41.1. The number of carbonyl (C=O) groups excluding carboxylic acids is 13. The van der Waals surface area contributed by atoms with Crippen molar-refractivity contribution in [1.82, 2.24) is 56.9 Å². The predicted molar refractivity (Wildman–Crippen MR) is 384 cm³/mol. The number of amides is 13. The summed E-state index contributed by atoms with van der Waals surface area (Å²) in [7, 11) is 0. The number of rotatable bonds is 37. The number of aliphatic imine (C=N–C) groups is 1. The Morgan fingerprint density at radius 1 is 0.558 bits per heavy atom. The fraction of sp³-hybridized carbons (Fsp3) is 0.528. The van der Waals surface area contributed by atoms with Crippen molar-refractivity contribution >= 4 is 93.7 Å². The molecular weight excluding hydrogens is 1340 g/mol. The first kappa shape index (κ1) is 79.2. The molecule has 0 bridgehead atoms. The number of H-pyrrole nitrogens is 1. The monoisotopic (exact) mass is 1440 g/mol. The van der Waals surface area contributed by atoms with Crippen LogP contribution in [0, 0.1) is 11.8 Å². The normalized spacial score (nSPS) is 20.5. The second-order valence-corrected chi connectivity index (χ2v) is 27.7. The Balaban J connectivity index is 1.00. The van der Waals surface area contributed by atoms with E-state index in [4.69, 9.17) is 40.1 Å². The minimum absolute atomic E-state index is 0.0366. The molecule has 4 aromatic rings. The maximum atomic E-state index is 15.7. The van der Waals surface area contributed by atoms with Crippen LogP contribution in [-0.4, -0.2) is 201 Å². The van der Waals surface area contributed by atoms with Gasteiger partial charge in [-0.25, -0.2) is 0 Å². The molecule has 1 spiro atoms. The second kappa shape index (κ2) is 37.1. The molecule has 562 valence electrons. The van der Waals surface area contributed by atoms with Crippen LogP contribution in [0.25, 0.3) is 10.9 Å². The van der Waals surface area contributed by atoms with Crippen molar-refractivity contribution in [3.8, 4) is 0 Å². The topological polar surface area (TPSA) is 526 Å². The van der Waals surface area contributed by atoms with Gasteiger partial charge in [-0.1, -0.05) is 92.7 Å². The average molecular weight is 1440 g/mol. The van der Waals surface area contributed by atoms with E-state index in [-0.39, 0.29) is 83.6 Å². The van der Waals surface area contributed by atoms with Gasteiger partial charge in [0.05, 0.1) is 6.04 Å². The van der Waals surface area contributed by atoms with Gasteiger partial charge in [-0.3, -0.25) is 67.3 Å². The van der Waals surface area contributed by atoms with E-state index in [0.29, 0.717) is 56.1 Å². The molecule has 12 atom stereocenters. The summed E-state index contributed by atoms with van der Waals surface area (Å²) in [4.78, 5) is 196. The lowest BCUT2D eigenvalue weighted by Gasteiger charge is -2.42. The van der Waals surface area contributed by atoms with Crippen LogP contribution in [0.5, 0.6) is 0 Å². The van der Waals surface area contributed by atoms with Gasteiger partial charge in [-0.15, -0.1) is 0 Å². The van der Waals surface area contributed by atoms with E-state index in [0.717, 1.165) is 16.5 Å². The van der Waals surface area contributed by atoms with Crippen molar-refractivity contribution in [3.63, 3.8) is 0 Å². The molecule has 4 aliphatic rings. The summed E-state index contributed by atoms with van der Waals surface area (Å²) < 4.78 is 0. The number of unbranched alkanes of at least 4 members (excludes halogenated alkanes) is 1. The number of guanidine groups is 1. The van der Waals surface area contributed by atoms with Crippen molar-refractivity contribution in [3.05, 3.63) is 108 Å². The largest absolute Gasteiger partial charge is 0.370 e. The number of benzene rings is 3. The molecule has 0 radical (unpaired) electrons. The first-order chi connectivity index (χ1) is 49.7. The van der Waals surface area contributed by atoms with Crippen LogP contribution in [0.2, 0.25) is 0 Å². The van der Waals surface area contributed by atoms with E-state index in [1.165, 1.54) is 14.7 Å². The third-order valence-corrected chi connectivity index (χ3v) is 20.0. The quantitative estimate of drug-likeness (QED) is 0.0129. The number of nitrogens with one attached hydrogen (secondary N) is 8. The highest BCUT2D eigenvalue weighted by Gasteiger charge is 2.64. The van der Waals surface area contributed by atoms with Crippen molar-refractivity contribution < 1.29 is 62.3 Å². The minimum Gasteiger partial charge on any atom is -0.370 e. The van der Waals surface area contributed by atoms with Gasteiger partial charge in [0, 0.05) is 81.3 Å². The number of fused-ring (bicyclic) bond motifs is 1. The van der Waals surface area contributed by atoms with Gasteiger partial charge in [0.15, 0.2) is 5.96 Å². The average Bonchev–Trinajstić information content (AvgIpc) is 1.56. The van der Waals surface area contributed by atoms with Crippen LogP contribution in [0.3, 0.4) is 0 Å². The Bertz CT molecular complexity index is 3780. The number of primary amides is 3. The second-order valence-electron chi connectivity index (χ2n) is 27.7. The first-order valence-corrected chi connectivity index (χ1v) is 35.8. The lowest BCUT2D eigenvalue weighted by Crippen LogP contribution is -2.63. The smallest absolute Gasteiger partial charge is 0.247 e. The molecule has 4 fully saturated rings. The van der Waals surface area contributed by atoms with E-state index >= 15 is 9.59 Å². The Morgan fingerprint density at radius 3 is 1.66 bits per heavy atom. The van der Waals surface area contributed by atoms with Crippen LogP contribution >= 0.6 is 0 Å². The predicted octanol–water partition coefficient (Wildman–Crippen LogP) is -2.26. The van der Waals surface area contributed by atoms with Crippen molar-refractivity contribution in [2.24, 2.45) is 57.0 Å². The van der Waals surface area contributed by atoms with E-state index in [9.17, 15) is 52.7 Å². The number of nitrogens with zero attached hydrogens (tertiary/aromatic N) is 4. The molecule has 32 nitrogen and oxygen atoms in total. The molecule has 8 rings (SSSR count). The lowest BCUT2D eigenvalue weighted by atomic mass is 9.73. The molecule has 22 N–H and O–H groups in total. The summed E-state index contributed by atoms with van der Waals surface area (Å²) >= 11 is 0. The molecule has 4 aliphatic heterocycles. The van der Waals surface area contributed by atoms with Gasteiger partial charge in [-0.05, 0) is 119 Å². The van der Waals surface area contributed by atoms with Gasteiger partial charge >= 0.3 is 0 Å². The maximum Gasteiger partial charge on any atom is 0.247 e. The molecule has 32 heteroatoms. The van der Waals surface area contributed by atoms with Gasteiger partial charge in [0.25, 0.3) is 0 Å². The van der Waals surface area contributed by atoms with Crippen molar-refractivity contribution in [2.75, 3.05) is 32.7 Å². The van der Waals surface area contributed by atoms with Gasteiger partial charge in [-0.2, -0.15) is 0 Å². The maximum absolute atomic E-state index is 15.7. The molecule has 3 unspecified atom stereocenters. The first-order valence-electron chi connectivity index (χ1n) is 35.8. The summed E-state index contributed by atoms with van der Waals surface area (Å²) in [5.74, 6) is -11.3. The highest BCUT2D eigenvalue weighted by Crippen LogP contribution is 2.46. The van der Waals surface area contributed by atoms with Crippen LogP contribution in [0.15, 0.2) is 96.1 Å². The minimum atomic E-state index is -1.66. The SMILES string of the molecule is CC(C)C1C(C(=O)N[C@@H](Cc2c[nH]c3ccccc23)C(N)=O)NC(=O)C12CCCN2C(=O)[C@H](Cc1ccccc1)NC(=O)[C@H](Cc1ccccc1)NC(=O)[C@H](CCC(N)=O)NC(=O)[C@H](CCC(N)=O)NC(=O)[C@@H]1CCCN1C(=O)[C@H](CCCCN)NC(=O)[C@@H]1CCCN1C(=O)[C@@H](N)CCCN=C(N)N. The fourth-order valence-corrected chi connectivity index (χ4v) is 14.9. The summed E-state index contributed by atoms with van der Waals surface area (Å²) in [6, 6.07) is 11.8. The van der Waals surface area contributed by atoms with Gasteiger partial charge < -0.3 is 97.0 Å². The van der Waals surface area contributed by atoms with Crippen molar-refractivity contribution in [1.29, 1.82) is 0 Å². The third-order valence-electron chi connectivity index (χ3n) is 20.0. The zero-order valence-electron chi connectivity index (χ0n) is 59.0. The Kier molecular flexibility index (Phi) is 28.2. The molecule has 4 saturated heterocycles. The molecule has 104 heavy (non-hydrogen) atoms. The number of likely N-dealkylation sites (tertiary alicyclic amines) is 3. The third kappa shape index (κ3) is 20.2. The molecule has 0 aliphatic carbocycles. The number of aromatic nitrogens is 1. The van der Waals surface area contributed by atoms with Crippen LogP contribution in [-0.2, 0) is 81.6 Å². The molecule has 3 aromatic carbocycles. The highest BCUT2D eigenvalue weighted by molar-refractivity contribution is 6.03. The number of para-hydroxylation sites is 1. The summed E-state index contributed by atoms with van der Waals surface area (Å²) in [5, 5.41) is 20.2. The number of hydrogen-bond acceptors (Lipinski definition) is 16. The van der Waals surface area contributed by atoms with E-state index < -0.39 is 180 Å². The lowest BCUT2D eigenvalue weighted by molar-refractivity contribution is -0.148. The number of carbonyl (C=O) groups is 13. The molecule has 1 aromatic heterocycles. The summed E-state index contributed by atoms with van der Waals surface area (Å²) in [6.45, 7) is 4.54. The Morgan fingerprint density at radius 2 is 1.09 bits per heavy atom. The number of hydrogen-bond donors (Lipinski definition) is 15. The molecule has 5 heterocycles. The molecule has 0 saturated carbocycles. The summed E-state index contributed by atoms with van der Waals surface area (Å²) in [6.07, 6.45) is 3.04. The highest BCUT2D eigenvalue weighted by atomic mass is 16.2. The zero-order valence-corrected chi connectivity index (χ0v) is 59.0. The Labute approximate surface area is 603 Å².